The molecule has 4 heteroatoms. The van der Waals surface area contributed by atoms with Gasteiger partial charge in [0.05, 0.1) is 12.0 Å². The third-order valence-electron chi connectivity index (χ3n) is 3.50. The van der Waals surface area contributed by atoms with E-state index in [1.165, 1.54) is 18.1 Å². The third-order valence-corrected chi connectivity index (χ3v) is 3.50. The molecule has 106 valence electrons. The molecule has 1 amide bonds. The van der Waals surface area contributed by atoms with Crippen molar-refractivity contribution in [1.82, 2.24) is 5.32 Å². The Balaban J connectivity index is 1.83. The van der Waals surface area contributed by atoms with E-state index in [4.69, 9.17) is 5.11 Å². The van der Waals surface area contributed by atoms with E-state index in [-0.39, 0.29) is 17.9 Å². The van der Waals surface area contributed by atoms with E-state index in [0.717, 1.165) is 19.3 Å². The lowest BCUT2D eigenvalue weighted by molar-refractivity contribution is -0.120. The summed E-state index contributed by atoms with van der Waals surface area (Å²) < 4.78 is 0. The maximum atomic E-state index is 11.8. The molecule has 0 radical (unpaired) electrons. The van der Waals surface area contributed by atoms with Crippen LogP contribution in [0.4, 0.5) is 0 Å². The van der Waals surface area contributed by atoms with Crippen LogP contribution in [-0.2, 0) is 11.2 Å². The first-order valence-corrected chi connectivity index (χ1v) is 6.92. The summed E-state index contributed by atoms with van der Waals surface area (Å²) in [5.74, 6) is -1.12. The van der Waals surface area contributed by atoms with Crippen LogP contribution in [0.5, 0.6) is 0 Å². The average molecular weight is 273 g/mol. The van der Waals surface area contributed by atoms with Gasteiger partial charge in [-0.25, -0.2) is 4.79 Å². The van der Waals surface area contributed by atoms with Gasteiger partial charge in [-0.2, -0.15) is 0 Å². The summed E-state index contributed by atoms with van der Waals surface area (Å²) >= 11 is 0. The van der Waals surface area contributed by atoms with Crippen molar-refractivity contribution in [2.24, 2.45) is 0 Å². The van der Waals surface area contributed by atoms with E-state index in [0.29, 0.717) is 12.1 Å². The molecular formula is C16H19NO3. The smallest absolute Gasteiger partial charge is 0.335 e. The summed E-state index contributed by atoms with van der Waals surface area (Å²) in [5.41, 5.74) is 2.16. The van der Waals surface area contributed by atoms with Crippen LogP contribution in [0.3, 0.4) is 0 Å². The van der Waals surface area contributed by atoms with Crippen LogP contribution in [-0.4, -0.2) is 23.5 Å². The molecule has 2 N–H and O–H groups in total. The second-order valence-electron chi connectivity index (χ2n) is 4.99. The number of allylic oxidation sites excluding steroid dienone is 1. The van der Waals surface area contributed by atoms with Gasteiger partial charge in [-0.3, -0.25) is 4.79 Å². The lowest BCUT2D eigenvalue weighted by Gasteiger charge is -2.08. The number of hydrogen-bond acceptors (Lipinski definition) is 2. The van der Waals surface area contributed by atoms with E-state index in [2.05, 4.69) is 11.4 Å². The van der Waals surface area contributed by atoms with Crippen LogP contribution in [0, 0.1) is 0 Å². The van der Waals surface area contributed by atoms with E-state index >= 15 is 0 Å². The maximum absolute atomic E-state index is 11.8. The van der Waals surface area contributed by atoms with E-state index in [9.17, 15) is 9.59 Å². The Labute approximate surface area is 118 Å². The fourth-order valence-electron chi connectivity index (χ4n) is 2.45. The Kier molecular flexibility index (Phi) is 4.93. The van der Waals surface area contributed by atoms with Gasteiger partial charge in [0.1, 0.15) is 0 Å². The molecule has 0 unspecified atom stereocenters. The van der Waals surface area contributed by atoms with Gasteiger partial charge >= 0.3 is 5.97 Å². The first-order chi connectivity index (χ1) is 9.66. The van der Waals surface area contributed by atoms with Gasteiger partial charge in [-0.1, -0.05) is 29.8 Å². The summed E-state index contributed by atoms with van der Waals surface area (Å²) in [5, 5.41) is 11.9. The summed E-state index contributed by atoms with van der Waals surface area (Å²) in [6, 6.07) is 6.62. The average Bonchev–Trinajstić information content (AvgIpc) is 2.92. The van der Waals surface area contributed by atoms with Crippen LogP contribution in [0.25, 0.3) is 0 Å². The number of rotatable bonds is 6. The first-order valence-electron chi connectivity index (χ1n) is 6.92. The number of carboxylic acid groups (broad SMARTS) is 1. The van der Waals surface area contributed by atoms with Gasteiger partial charge < -0.3 is 10.4 Å². The summed E-state index contributed by atoms with van der Waals surface area (Å²) in [4.78, 5) is 22.9. The van der Waals surface area contributed by atoms with Crippen LogP contribution in [0.2, 0.25) is 0 Å². The van der Waals surface area contributed by atoms with Crippen molar-refractivity contribution in [3.05, 3.63) is 47.0 Å². The fourth-order valence-corrected chi connectivity index (χ4v) is 2.45. The van der Waals surface area contributed by atoms with Crippen molar-refractivity contribution in [3.63, 3.8) is 0 Å². The molecule has 0 heterocycles. The monoisotopic (exact) mass is 273 g/mol. The SMILES string of the molecule is O=C(Cc1ccccc1C(=O)O)NCCC1=CCCC1. The molecule has 1 aromatic rings. The Morgan fingerprint density at radius 2 is 2.05 bits per heavy atom. The molecule has 1 aromatic carbocycles. The number of hydrogen-bond donors (Lipinski definition) is 2. The zero-order chi connectivity index (χ0) is 14.4. The molecule has 1 aliphatic carbocycles. The minimum Gasteiger partial charge on any atom is -0.478 e. The molecule has 2 rings (SSSR count). The zero-order valence-corrected chi connectivity index (χ0v) is 11.4. The Morgan fingerprint density at radius 1 is 1.25 bits per heavy atom. The lowest BCUT2D eigenvalue weighted by Crippen LogP contribution is -2.27. The normalized spacial score (nSPS) is 13.9. The molecule has 4 nitrogen and oxygen atoms in total. The van der Waals surface area contributed by atoms with Gasteiger partial charge in [0, 0.05) is 6.54 Å². The largest absolute Gasteiger partial charge is 0.478 e. The van der Waals surface area contributed by atoms with E-state index in [1.54, 1.807) is 18.2 Å². The predicted molar refractivity (Wildman–Crippen MR) is 76.7 cm³/mol. The number of nitrogens with one attached hydrogen (secondary N) is 1. The highest BCUT2D eigenvalue weighted by molar-refractivity contribution is 5.91. The number of amides is 1. The molecule has 0 bridgehead atoms. The minimum atomic E-state index is -0.996. The molecule has 0 saturated carbocycles. The van der Waals surface area contributed by atoms with Crippen molar-refractivity contribution >= 4 is 11.9 Å². The number of benzene rings is 1. The van der Waals surface area contributed by atoms with Gasteiger partial charge in [0.2, 0.25) is 5.91 Å². The molecule has 0 atom stereocenters. The Morgan fingerprint density at radius 3 is 2.75 bits per heavy atom. The quantitative estimate of drug-likeness (QED) is 0.783. The van der Waals surface area contributed by atoms with E-state index in [1.807, 2.05) is 0 Å². The second-order valence-corrected chi connectivity index (χ2v) is 4.99. The number of carbonyl (C=O) groups is 2. The Hall–Kier alpha value is -2.10. The maximum Gasteiger partial charge on any atom is 0.335 e. The van der Waals surface area contributed by atoms with Crippen LogP contribution in [0.15, 0.2) is 35.9 Å². The molecule has 0 spiro atoms. The highest BCUT2D eigenvalue weighted by Gasteiger charge is 2.12. The standard InChI is InChI=1S/C16H19NO3/c18-15(17-10-9-12-5-1-2-6-12)11-13-7-3-4-8-14(13)16(19)20/h3-5,7-8H,1-2,6,9-11H2,(H,17,18)(H,19,20). The highest BCUT2D eigenvalue weighted by Crippen LogP contribution is 2.19. The molecular weight excluding hydrogens is 254 g/mol. The number of aromatic carboxylic acids is 1. The van der Waals surface area contributed by atoms with E-state index < -0.39 is 5.97 Å². The molecule has 0 fully saturated rings. The van der Waals surface area contributed by atoms with Gasteiger partial charge in [0.25, 0.3) is 0 Å². The topological polar surface area (TPSA) is 66.4 Å². The predicted octanol–water partition coefficient (Wildman–Crippen LogP) is 2.54. The van der Waals surface area contributed by atoms with Gasteiger partial charge in [0.15, 0.2) is 0 Å². The molecule has 1 aliphatic rings. The fraction of sp³-hybridized carbons (Fsp3) is 0.375. The summed E-state index contributed by atoms with van der Waals surface area (Å²) in [7, 11) is 0. The lowest BCUT2D eigenvalue weighted by atomic mass is 10.0. The number of carbonyl (C=O) groups excluding carboxylic acids is 1. The third kappa shape index (κ3) is 3.95. The summed E-state index contributed by atoms with van der Waals surface area (Å²) in [6.07, 6.45) is 6.75. The van der Waals surface area contributed by atoms with Crippen LogP contribution < -0.4 is 5.32 Å². The summed E-state index contributed by atoms with van der Waals surface area (Å²) in [6.45, 7) is 0.625. The van der Waals surface area contributed by atoms with Crippen molar-refractivity contribution < 1.29 is 14.7 Å². The van der Waals surface area contributed by atoms with Crippen molar-refractivity contribution in [2.75, 3.05) is 6.54 Å². The zero-order valence-electron chi connectivity index (χ0n) is 11.4. The van der Waals surface area contributed by atoms with Gasteiger partial charge in [-0.15, -0.1) is 0 Å². The Bertz CT molecular complexity index is 534. The minimum absolute atomic E-state index is 0.113. The molecule has 0 aromatic heterocycles. The van der Waals surface area contributed by atoms with Crippen molar-refractivity contribution in [2.45, 2.75) is 32.1 Å². The highest BCUT2D eigenvalue weighted by atomic mass is 16.4. The van der Waals surface area contributed by atoms with Gasteiger partial charge in [-0.05, 0) is 37.3 Å². The number of carboxylic acids is 1. The second kappa shape index (κ2) is 6.89. The first kappa shape index (κ1) is 14.3. The molecule has 0 aliphatic heterocycles. The molecule has 0 saturated heterocycles. The molecule has 20 heavy (non-hydrogen) atoms. The van der Waals surface area contributed by atoms with Crippen molar-refractivity contribution in [1.29, 1.82) is 0 Å². The van der Waals surface area contributed by atoms with Crippen LogP contribution in [0.1, 0.15) is 41.6 Å². The van der Waals surface area contributed by atoms with Crippen molar-refractivity contribution in [3.8, 4) is 0 Å². The van der Waals surface area contributed by atoms with Crippen LogP contribution >= 0.6 is 0 Å².